The van der Waals surface area contributed by atoms with Crippen molar-refractivity contribution < 1.29 is 13.9 Å². The molecule has 0 aliphatic carbocycles. The molecule has 0 bridgehead atoms. The van der Waals surface area contributed by atoms with Crippen molar-refractivity contribution in [2.75, 3.05) is 25.1 Å². The van der Waals surface area contributed by atoms with Gasteiger partial charge in [0.1, 0.15) is 12.5 Å². The lowest BCUT2D eigenvalue weighted by molar-refractivity contribution is -0.140. The number of nitriles is 1. The highest BCUT2D eigenvalue weighted by molar-refractivity contribution is 5.71. The fourth-order valence-corrected chi connectivity index (χ4v) is 2.01. The van der Waals surface area contributed by atoms with Gasteiger partial charge in [-0.25, -0.2) is 0 Å². The Morgan fingerprint density at radius 2 is 2.22 bits per heavy atom. The summed E-state index contributed by atoms with van der Waals surface area (Å²) >= 11 is 0. The van der Waals surface area contributed by atoms with Gasteiger partial charge in [-0.2, -0.15) is 10.2 Å². The number of esters is 1. The van der Waals surface area contributed by atoms with Crippen LogP contribution in [0.5, 0.6) is 0 Å². The fraction of sp³-hybridized carbons (Fsp3) is 0.583. The summed E-state index contributed by atoms with van der Waals surface area (Å²) in [6.07, 6.45) is 3.32. The predicted octanol–water partition coefficient (Wildman–Crippen LogP) is 1.25. The quantitative estimate of drug-likeness (QED) is 0.750. The molecule has 6 nitrogen and oxygen atoms in total. The molecule has 1 aromatic heterocycles. The Labute approximate surface area is 105 Å². The summed E-state index contributed by atoms with van der Waals surface area (Å²) in [5, 5.41) is 9.04. The summed E-state index contributed by atoms with van der Waals surface area (Å²) in [7, 11) is 1.31. The van der Waals surface area contributed by atoms with E-state index in [9.17, 15) is 4.79 Å². The van der Waals surface area contributed by atoms with Crippen molar-refractivity contribution in [2.45, 2.75) is 25.7 Å². The number of hydrogen-bond donors (Lipinski definition) is 0. The van der Waals surface area contributed by atoms with Gasteiger partial charge in [-0.15, -0.1) is 0 Å². The summed E-state index contributed by atoms with van der Waals surface area (Å²) in [6, 6.07) is 2.01. The van der Waals surface area contributed by atoms with Crippen LogP contribution in [0.4, 0.5) is 5.88 Å². The molecule has 96 valence electrons. The summed E-state index contributed by atoms with van der Waals surface area (Å²) in [6.45, 7) is 1.73. The van der Waals surface area contributed by atoms with Crippen LogP contribution < -0.4 is 4.90 Å². The zero-order chi connectivity index (χ0) is 13.0. The number of aromatic nitrogens is 1. The Morgan fingerprint density at radius 1 is 1.50 bits per heavy atom. The van der Waals surface area contributed by atoms with E-state index in [4.69, 9.17) is 9.68 Å². The highest BCUT2D eigenvalue weighted by Gasteiger charge is 2.22. The van der Waals surface area contributed by atoms with Crippen LogP contribution in [-0.4, -0.2) is 31.2 Å². The van der Waals surface area contributed by atoms with E-state index in [2.05, 4.69) is 9.72 Å². The van der Waals surface area contributed by atoms with Gasteiger partial charge in [-0.05, 0) is 19.3 Å². The Kier molecular flexibility index (Phi) is 3.82. The second-order valence-electron chi connectivity index (χ2n) is 4.17. The van der Waals surface area contributed by atoms with E-state index in [1.165, 1.54) is 13.5 Å². The Morgan fingerprint density at radius 3 is 2.83 bits per heavy atom. The lowest BCUT2D eigenvalue weighted by atomic mass is 10.1. The molecule has 1 fully saturated rings. The molecule has 18 heavy (non-hydrogen) atoms. The highest BCUT2D eigenvalue weighted by atomic mass is 16.5. The predicted molar refractivity (Wildman–Crippen MR) is 63.0 cm³/mol. The molecule has 1 aliphatic rings. The minimum atomic E-state index is -0.425. The van der Waals surface area contributed by atoms with Crippen LogP contribution in [0, 0.1) is 11.3 Å². The number of piperidine rings is 1. The molecular weight excluding hydrogens is 234 g/mol. The average Bonchev–Trinajstić information content (AvgIpc) is 2.82. The molecule has 0 unspecified atom stereocenters. The van der Waals surface area contributed by atoms with Gasteiger partial charge in [0.2, 0.25) is 17.5 Å². The molecule has 1 aliphatic heterocycles. The van der Waals surface area contributed by atoms with Crippen molar-refractivity contribution >= 4 is 11.9 Å². The number of rotatable bonds is 3. The average molecular weight is 249 g/mol. The van der Waals surface area contributed by atoms with Crippen LogP contribution in [0.25, 0.3) is 0 Å². The summed E-state index contributed by atoms with van der Waals surface area (Å²) in [5.41, 5.74) is 0.246. The van der Waals surface area contributed by atoms with Gasteiger partial charge in [0.15, 0.2) is 0 Å². The van der Waals surface area contributed by atoms with Gasteiger partial charge < -0.3 is 14.1 Å². The third-order valence-electron chi connectivity index (χ3n) is 2.93. The zero-order valence-electron chi connectivity index (χ0n) is 10.3. The minimum Gasteiger partial charge on any atom is -0.469 e. The number of carbonyl (C=O) groups excluding carboxylic acids is 1. The standard InChI is InChI=1S/C12H15N3O3/c1-17-11(16)7-10-14-9(8-13)12(18-10)15-5-3-2-4-6-15/h2-7H2,1H3. The maximum Gasteiger partial charge on any atom is 0.314 e. The van der Waals surface area contributed by atoms with Crippen molar-refractivity contribution in [3.8, 4) is 6.07 Å². The lowest BCUT2D eigenvalue weighted by Crippen LogP contribution is -2.29. The first-order chi connectivity index (χ1) is 8.74. The van der Waals surface area contributed by atoms with E-state index >= 15 is 0 Å². The second-order valence-corrected chi connectivity index (χ2v) is 4.17. The third-order valence-corrected chi connectivity index (χ3v) is 2.93. The summed E-state index contributed by atoms with van der Waals surface area (Å²) < 4.78 is 10.1. The second kappa shape index (κ2) is 5.54. The molecule has 0 amide bonds. The molecule has 0 spiro atoms. The van der Waals surface area contributed by atoms with E-state index in [1.807, 2.05) is 11.0 Å². The van der Waals surface area contributed by atoms with E-state index in [0.717, 1.165) is 25.9 Å². The van der Waals surface area contributed by atoms with E-state index in [-0.39, 0.29) is 18.0 Å². The number of methoxy groups -OCH3 is 1. The Bertz CT molecular complexity index is 469. The minimum absolute atomic E-state index is 0.0426. The maximum absolute atomic E-state index is 11.1. The SMILES string of the molecule is COC(=O)Cc1nc(C#N)c(N2CCCCC2)o1. The molecule has 0 radical (unpaired) electrons. The summed E-state index contributed by atoms with van der Waals surface area (Å²) in [5.74, 6) is 0.293. The van der Waals surface area contributed by atoms with Crippen molar-refractivity contribution in [1.29, 1.82) is 5.26 Å². The number of hydrogen-bond acceptors (Lipinski definition) is 6. The smallest absolute Gasteiger partial charge is 0.314 e. The van der Waals surface area contributed by atoms with Gasteiger partial charge in [0, 0.05) is 13.1 Å². The van der Waals surface area contributed by atoms with E-state index in [1.54, 1.807) is 0 Å². The normalized spacial score (nSPS) is 15.2. The molecular formula is C12H15N3O3. The number of oxazole rings is 1. The fourth-order valence-electron chi connectivity index (χ4n) is 2.01. The molecule has 0 N–H and O–H groups in total. The number of nitrogens with zero attached hydrogens (tertiary/aromatic N) is 3. The topological polar surface area (TPSA) is 79.4 Å². The van der Waals surface area contributed by atoms with Crippen molar-refractivity contribution in [1.82, 2.24) is 4.98 Å². The first kappa shape index (κ1) is 12.4. The molecule has 0 aromatic carbocycles. The van der Waals surface area contributed by atoms with Crippen LogP contribution in [0.15, 0.2) is 4.42 Å². The maximum atomic E-state index is 11.1. The molecule has 2 heterocycles. The molecule has 1 aromatic rings. The summed E-state index contributed by atoms with van der Waals surface area (Å²) in [4.78, 5) is 17.2. The Hall–Kier alpha value is -2.03. The van der Waals surface area contributed by atoms with Crippen LogP contribution >= 0.6 is 0 Å². The molecule has 1 saturated heterocycles. The first-order valence-corrected chi connectivity index (χ1v) is 5.96. The highest BCUT2D eigenvalue weighted by Crippen LogP contribution is 2.25. The van der Waals surface area contributed by atoms with Gasteiger partial charge in [-0.3, -0.25) is 4.79 Å². The van der Waals surface area contributed by atoms with Crippen LogP contribution in [-0.2, 0) is 16.0 Å². The monoisotopic (exact) mass is 249 g/mol. The zero-order valence-corrected chi connectivity index (χ0v) is 10.3. The largest absolute Gasteiger partial charge is 0.469 e. The molecule has 0 saturated carbocycles. The van der Waals surface area contributed by atoms with E-state index in [0.29, 0.717) is 5.88 Å². The van der Waals surface area contributed by atoms with Gasteiger partial charge in [-0.1, -0.05) is 0 Å². The first-order valence-electron chi connectivity index (χ1n) is 5.96. The van der Waals surface area contributed by atoms with Crippen molar-refractivity contribution in [2.24, 2.45) is 0 Å². The number of anilines is 1. The van der Waals surface area contributed by atoms with Crippen molar-refractivity contribution in [3.63, 3.8) is 0 Å². The van der Waals surface area contributed by atoms with Crippen molar-refractivity contribution in [3.05, 3.63) is 11.6 Å². The van der Waals surface area contributed by atoms with Crippen LogP contribution in [0.3, 0.4) is 0 Å². The van der Waals surface area contributed by atoms with Crippen LogP contribution in [0.1, 0.15) is 30.8 Å². The van der Waals surface area contributed by atoms with Crippen LogP contribution in [0.2, 0.25) is 0 Å². The van der Waals surface area contributed by atoms with Gasteiger partial charge >= 0.3 is 5.97 Å². The number of carbonyl (C=O) groups is 1. The van der Waals surface area contributed by atoms with Gasteiger partial charge in [0.05, 0.1) is 7.11 Å². The van der Waals surface area contributed by atoms with Gasteiger partial charge in [0.25, 0.3) is 0 Å². The molecule has 0 atom stereocenters. The molecule has 2 rings (SSSR count). The number of ether oxygens (including phenoxy) is 1. The van der Waals surface area contributed by atoms with E-state index < -0.39 is 5.97 Å². The molecule has 6 heteroatoms. The Balaban J connectivity index is 2.18. The lowest BCUT2D eigenvalue weighted by Gasteiger charge is -2.25. The third kappa shape index (κ3) is 2.62.